The first-order chi connectivity index (χ1) is 7.29. The van der Waals surface area contributed by atoms with Crippen LogP contribution in [0, 0.1) is 0 Å². The van der Waals surface area contributed by atoms with Crippen molar-refractivity contribution < 1.29 is 0 Å². The second kappa shape index (κ2) is 4.50. The molecule has 0 fully saturated rings. The summed E-state index contributed by atoms with van der Waals surface area (Å²) in [5.41, 5.74) is 3.05. The lowest BCUT2D eigenvalue weighted by atomic mass is 9.96. The third-order valence-electron chi connectivity index (χ3n) is 2.20. The molecule has 1 aromatic carbocycles. The van der Waals surface area contributed by atoms with Crippen molar-refractivity contribution in [2.45, 2.75) is 6.32 Å². The van der Waals surface area contributed by atoms with Crippen LogP contribution in [0.2, 0.25) is 5.02 Å². The van der Waals surface area contributed by atoms with Gasteiger partial charge in [-0.15, -0.1) is 0 Å². The summed E-state index contributed by atoms with van der Waals surface area (Å²) in [6, 6.07) is 11.5. The van der Waals surface area contributed by atoms with Gasteiger partial charge in [0.15, 0.2) is 0 Å². The lowest BCUT2D eigenvalue weighted by Crippen LogP contribution is -1.88. The Morgan fingerprint density at radius 3 is 2.53 bits per heavy atom. The summed E-state index contributed by atoms with van der Waals surface area (Å²) in [5, 5.41) is 0.730. The van der Waals surface area contributed by atoms with Crippen molar-refractivity contribution in [2.75, 3.05) is 0 Å². The molecule has 72 valence electrons. The van der Waals surface area contributed by atoms with Crippen molar-refractivity contribution in [3.05, 3.63) is 53.2 Å². The van der Waals surface area contributed by atoms with Crippen LogP contribution in [-0.2, 0) is 6.32 Å². The Kier molecular flexibility index (Phi) is 3.07. The first-order valence-corrected chi connectivity index (χ1v) is 5.08. The van der Waals surface area contributed by atoms with E-state index in [1.807, 2.05) is 36.4 Å². The van der Waals surface area contributed by atoms with Gasteiger partial charge in [0.25, 0.3) is 0 Å². The minimum absolute atomic E-state index is 0.531. The lowest BCUT2D eigenvalue weighted by molar-refractivity contribution is 1.27. The Hall–Kier alpha value is -1.28. The molecule has 0 bridgehead atoms. The molecule has 0 aliphatic carbocycles. The fourth-order valence-corrected chi connectivity index (χ4v) is 1.51. The molecule has 0 atom stereocenters. The maximum Gasteiger partial charge on any atom is 0.0716 e. The minimum atomic E-state index is 0.531. The van der Waals surface area contributed by atoms with E-state index in [0.29, 0.717) is 6.32 Å². The topological polar surface area (TPSA) is 12.9 Å². The number of hydrogen-bond donors (Lipinski definition) is 0. The largest absolute Gasteiger partial charge is 0.256 e. The second-order valence-electron chi connectivity index (χ2n) is 3.26. The molecule has 0 saturated heterocycles. The van der Waals surface area contributed by atoms with Crippen molar-refractivity contribution in [2.24, 2.45) is 0 Å². The Morgan fingerprint density at radius 1 is 1.13 bits per heavy atom. The standard InChI is InChI=1S/C12H9BClN/c13-8-9-5-6-15-12(7-9)10-1-3-11(14)4-2-10/h1-7H,8H2. The summed E-state index contributed by atoms with van der Waals surface area (Å²) in [6.45, 7) is 0. The van der Waals surface area contributed by atoms with Gasteiger partial charge >= 0.3 is 0 Å². The van der Waals surface area contributed by atoms with Gasteiger partial charge in [0, 0.05) is 16.8 Å². The molecule has 0 unspecified atom stereocenters. The molecular formula is C12H9BClN. The van der Waals surface area contributed by atoms with Crippen LogP contribution in [0.1, 0.15) is 5.56 Å². The molecule has 2 rings (SSSR count). The van der Waals surface area contributed by atoms with Crippen LogP contribution < -0.4 is 0 Å². The van der Waals surface area contributed by atoms with Crippen LogP contribution in [0.15, 0.2) is 42.6 Å². The number of rotatable bonds is 2. The molecule has 0 aliphatic heterocycles. The van der Waals surface area contributed by atoms with Crippen LogP contribution in [0.3, 0.4) is 0 Å². The van der Waals surface area contributed by atoms with Gasteiger partial charge in [-0.2, -0.15) is 0 Å². The lowest BCUT2D eigenvalue weighted by Gasteiger charge is -2.02. The quantitative estimate of drug-likeness (QED) is 0.699. The van der Waals surface area contributed by atoms with Crippen molar-refractivity contribution in [3.8, 4) is 11.3 Å². The van der Waals surface area contributed by atoms with Gasteiger partial charge in [0.2, 0.25) is 0 Å². The van der Waals surface area contributed by atoms with E-state index in [0.717, 1.165) is 21.8 Å². The number of halogens is 1. The monoisotopic (exact) mass is 213 g/mol. The minimum Gasteiger partial charge on any atom is -0.256 e. The molecule has 1 nitrogen and oxygen atoms in total. The number of aromatic nitrogens is 1. The third-order valence-corrected chi connectivity index (χ3v) is 2.45. The summed E-state index contributed by atoms with van der Waals surface area (Å²) in [7, 11) is 5.57. The van der Waals surface area contributed by atoms with E-state index in [4.69, 9.17) is 19.4 Å². The van der Waals surface area contributed by atoms with Crippen molar-refractivity contribution in [3.63, 3.8) is 0 Å². The summed E-state index contributed by atoms with van der Waals surface area (Å²) in [5.74, 6) is 0. The highest BCUT2D eigenvalue weighted by molar-refractivity contribution is 6.30. The molecule has 0 amide bonds. The molecule has 2 aromatic rings. The third kappa shape index (κ3) is 2.39. The van der Waals surface area contributed by atoms with Gasteiger partial charge in [-0.25, -0.2) is 0 Å². The average molecular weight is 213 g/mol. The zero-order valence-electron chi connectivity index (χ0n) is 8.15. The van der Waals surface area contributed by atoms with E-state index >= 15 is 0 Å². The average Bonchev–Trinajstić information content (AvgIpc) is 2.30. The van der Waals surface area contributed by atoms with Gasteiger partial charge < -0.3 is 0 Å². The van der Waals surface area contributed by atoms with Crippen LogP contribution in [-0.4, -0.2) is 12.8 Å². The SMILES string of the molecule is [B]Cc1ccnc(-c2ccc(Cl)cc2)c1. The van der Waals surface area contributed by atoms with E-state index < -0.39 is 0 Å². The number of benzene rings is 1. The predicted molar refractivity (Wildman–Crippen MR) is 64.1 cm³/mol. The van der Waals surface area contributed by atoms with Crippen LogP contribution >= 0.6 is 11.6 Å². The zero-order chi connectivity index (χ0) is 10.7. The van der Waals surface area contributed by atoms with Crippen LogP contribution in [0.5, 0.6) is 0 Å². The zero-order valence-corrected chi connectivity index (χ0v) is 8.91. The van der Waals surface area contributed by atoms with Gasteiger partial charge in [0.1, 0.15) is 0 Å². The van der Waals surface area contributed by atoms with Crippen LogP contribution in [0.25, 0.3) is 11.3 Å². The van der Waals surface area contributed by atoms with Crippen molar-refractivity contribution in [1.29, 1.82) is 0 Å². The molecule has 1 aromatic heterocycles. The smallest absolute Gasteiger partial charge is 0.0716 e. The Labute approximate surface area is 95.5 Å². The first kappa shape index (κ1) is 10.2. The summed E-state index contributed by atoms with van der Waals surface area (Å²) >= 11 is 5.82. The molecule has 2 radical (unpaired) electrons. The normalized spacial score (nSPS) is 10.2. The fourth-order valence-electron chi connectivity index (χ4n) is 1.38. The number of nitrogens with zero attached hydrogens (tertiary/aromatic N) is 1. The summed E-state index contributed by atoms with van der Waals surface area (Å²) in [6.07, 6.45) is 2.30. The highest BCUT2D eigenvalue weighted by Gasteiger charge is 1.99. The van der Waals surface area contributed by atoms with E-state index in [9.17, 15) is 0 Å². The molecule has 3 heteroatoms. The maximum absolute atomic E-state index is 5.82. The summed E-state index contributed by atoms with van der Waals surface area (Å²) in [4.78, 5) is 4.29. The molecule has 0 N–H and O–H groups in total. The number of hydrogen-bond acceptors (Lipinski definition) is 1. The molecule has 0 aliphatic rings. The van der Waals surface area contributed by atoms with E-state index in [2.05, 4.69) is 4.98 Å². The van der Waals surface area contributed by atoms with E-state index in [1.165, 1.54) is 0 Å². The summed E-state index contributed by atoms with van der Waals surface area (Å²) < 4.78 is 0. The van der Waals surface area contributed by atoms with Gasteiger partial charge in [-0.05, 0) is 24.3 Å². The van der Waals surface area contributed by atoms with Crippen LogP contribution in [0.4, 0.5) is 0 Å². The van der Waals surface area contributed by atoms with Gasteiger partial charge in [0.05, 0.1) is 13.5 Å². The number of pyridine rings is 1. The Balaban J connectivity index is 2.40. The highest BCUT2D eigenvalue weighted by Crippen LogP contribution is 2.20. The second-order valence-corrected chi connectivity index (χ2v) is 3.70. The Bertz CT molecular complexity index is 453. The molecule has 0 spiro atoms. The van der Waals surface area contributed by atoms with Gasteiger partial charge in [-0.1, -0.05) is 35.6 Å². The fraction of sp³-hybridized carbons (Fsp3) is 0.0833. The molecule has 0 saturated carbocycles. The first-order valence-electron chi connectivity index (χ1n) is 4.70. The molecular weight excluding hydrogens is 204 g/mol. The molecule has 1 heterocycles. The maximum atomic E-state index is 5.82. The van der Waals surface area contributed by atoms with Crippen molar-refractivity contribution >= 4 is 19.4 Å². The Morgan fingerprint density at radius 2 is 1.87 bits per heavy atom. The van der Waals surface area contributed by atoms with Gasteiger partial charge in [-0.3, -0.25) is 4.98 Å². The van der Waals surface area contributed by atoms with E-state index in [-0.39, 0.29) is 0 Å². The highest BCUT2D eigenvalue weighted by atomic mass is 35.5. The molecule has 15 heavy (non-hydrogen) atoms. The predicted octanol–water partition coefficient (Wildman–Crippen LogP) is 3.07. The van der Waals surface area contributed by atoms with Crippen molar-refractivity contribution in [1.82, 2.24) is 4.98 Å². The van der Waals surface area contributed by atoms with E-state index in [1.54, 1.807) is 6.20 Å².